The van der Waals surface area contributed by atoms with Gasteiger partial charge in [-0.2, -0.15) is 0 Å². The molecule has 136 valence electrons. The fourth-order valence-corrected chi connectivity index (χ4v) is 2.99. The van der Waals surface area contributed by atoms with Crippen molar-refractivity contribution in [2.75, 3.05) is 27.2 Å². The van der Waals surface area contributed by atoms with E-state index in [2.05, 4.69) is 11.8 Å². The third-order valence-electron chi connectivity index (χ3n) is 4.29. The van der Waals surface area contributed by atoms with Crippen molar-refractivity contribution in [3.63, 3.8) is 0 Å². The van der Waals surface area contributed by atoms with Gasteiger partial charge >= 0.3 is 8.05 Å². The molecule has 1 saturated heterocycles. The summed E-state index contributed by atoms with van der Waals surface area (Å²) in [5.41, 5.74) is 0. The molecule has 0 saturated carbocycles. The summed E-state index contributed by atoms with van der Waals surface area (Å²) < 4.78 is 4.90. The number of nitrogens with zero attached hydrogens (tertiary/aromatic N) is 2. The molecule has 1 unspecified atom stereocenters. The van der Waals surface area contributed by atoms with Gasteiger partial charge in [-0.25, -0.2) is 0 Å². The molecule has 1 aliphatic rings. The highest BCUT2D eigenvalue weighted by atomic mass is 35.5. The number of likely N-dealkylation sites (tertiary alicyclic amines) is 1. The van der Waals surface area contributed by atoms with Crippen LogP contribution in [0, 0.1) is 5.92 Å². The maximum atomic E-state index is 12.2. The molecule has 1 heterocycles. The average Bonchev–Trinajstić information content (AvgIpc) is 2.94. The fraction of sp³-hybridized carbons (Fsp3) is 0.867. The molecule has 23 heavy (non-hydrogen) atoms. The minimum Gasteiger partial charge on any atom is -0.543 e. The lowest BCUT2D eigenvalue weighted by molar-refractivity contribution is -0.139. The molecule has 0 spiro atoms. The Morgan fingerprint density at radius 1 is 1.30 bits per heavy atom. The van der Waals surface area contributed by atoms with Crippen LogP contribution in [0.25, 0.3) is 0 Å². The van der Waals surface area contributed by atoms with Gasteiger partial charge in [-0.05, 0) is 38.8 Å². The van der Waals surface area contributed by atoms with E-state index in [0.717, 1.165) is 51.6 Å². The van der Waals surface area contributed by atoms with Gasteiger partial charge in [0.05, 0.1) is 12.0 Å². The van der Waals surface area contributed by atoms with Gasteiger partial charge in [-0.3, -0.25) is 14.5 Å². The molecule has 1 rings (SSSR count). The topological polar surface area (TPSA) is 49.9 Å². The van der Waals surface area contributed by atoms with Crippen LogP contribution in [0.3, 0.4) is 0 Å². The number of amides is 1. The highest BCUT2D eigenvalue weighted by Crippen LogP contribution is 2.22. The van der Waals surface area contributed by atoms with Crippen molar-refractivity contribution in [1.82, 2.24) is 9.80 Å². The number of carbonyl (C=O) groups excluding carboxylic acids is 2. The van der Waals surface area contributed by atoms with E-state index in [9.17, 15) is 9.59 Å². The second kappa shape index (κ2) is 12.9. The first-order valence-corrected chi connectivity index (χ1v) is 8.04. The SMILES string of the molecule is BOC(=O)C(CCCC)CCN1CCC[C@H]1C(=O)N(C)C.Cl.Cl. The molecular formula is C15H31BCl2N2O3. The van der Waals surface area contributed by atoms with Crippen molar-refractivity contribution in [1.29, 1.82) is 0 Å². The molecule has 0 aromatic carbocycles. The van der Waals surface area contributed by atoms with Crippen molar-refractivity contribution in [3.05, 3.63) is 0 Å². The van der Waals surface area contributed by atoms with Crippen molar-refractivity contribution in [2.24, 2.45) is 5.92 Å². The Balaban J connectivity index is 0. The van der Waals surface area contributed by atoms with Gasteiger partial charge in [0.15, 0.2) is 0 Å². The zero-order chi connectivity index (χ0) is 15.8. The number of hydrogen-bond donors (Lipinski definition) is 0. The Bertz CT molecular complexity index is 360. The molecule has 0 aromatic heterocycles. The standard InChI is InChI=1S/C15H29BN2O3.2ClH/c1-4-5-7-12(15(20)21-16)9-11-18-10-6-8-13(18)14(19)17(2)3;;/h12-13H,4-11,16H2,1-3H3;2*1H/t12?,13-;;/m0../s1. The van der Waals surface area contributed by atoms with Crippen LogP contribution in [-0.4, -0.2) is 63.0 Å². The Hall–Kier alpha value is -0.455. The summed E-state index contributed by atoms with van der Waals surface area (Å²) in [5.74, 6) is 0.0273. The van der Waals surface area contributed by atoms with Gasteiger partial charge in [0, 0.05) is 14.1 Å². The summed E-state index contributed by atoms with van der Waals surface area (Å²) in [6, 6.07) is -0.00975. The predicted molar refractivity (Wildman–Crippen MR) is 100 cm³/mol. The summed E-state index contributed by atoms with van der Waals surface area (Å²) in [4.78, 5) is 27.9. The summed E-state index contributed by atoms with van der Waals surface area (Å²) in [5, 5.41) is 0. The first-order chi connectivity index (χ1) is 10.0. The number of unbranched alkanes of at least 4 members (excludes halogenated alkanes) is 1. The highest BCUT2D eigenvalue weighted by Gasteiger charge is 2.32. The van der Waals surface area contributed by atoms with E-state index in [1.54, 1.807) is 19.0 Å². The third-order valence-corrected chi connectivity index (χ3v) is 4.29. The quantitative estimate of drug-likeness (QED) is 0.611. The molecule has 2 atom stereocenters. The summed E-state index contributed by atoms with van der Waals surface area (Å²) in [7, 11) is 5.06. The van der Waals surface area contributed by atoms with Crippen molar-refractivity contribution >= 4 is 44.7 Å². The Labute approximate surface area is 153 Å². The monoisotopic (exact) mass is 368 g/mol. The third kappa shape index (κ3) is 7.77. The second-order valence-corrected chi connectivity index (χ2v) is 6.08. The van der Waals surface area contributed by atoms with E-state index >= 15 is 0 Å². The van der Waals surface area contributed by atoms with Crippen molar-refractivity contribution in [3.8, 4) is 0 Å². The summed E-state index contributed by atoms with van der Waals surface area (Å²) in [6.45, 7) is 3.88. The number of halogens is 2. The van der Waals surface area contributed by atoms with Gasteiger partial charge < -0.3 is 9.55 Å². The molecule has 5 nitrogen and oxygen atoms in total. The average molecular weight is 369 g/mol. The van der Waals surface area contributed by atoms with Crippen LogP contribution < -0.4 is 0 Å². The maximum Gasteiger partial charge on any atom is 0.325 e. The molecule has 8 heteroatoms. The van der Waals surface area contributed by atoms with Crippen molar-refractivity contribution < 1.29 is 14.2 Å². The minimum atomic E-state index is -0.113. The van der Waals surface area contributed by atoms with Crippen molar-refractivity contribution in [2.45, 2.75) is 51.5 Å². The minimum absolute atomic E-state index is 0. The van der Waals surface area contributed by atoms with E-state index in [1.165, 1.54) is 8.05 Å². The fourth-order valence-electron chi connectivity index (χ4n) is 2.99. The van der Waals surface area contributed by atoms with E-state index in [0.29, 0.717) is 0 Å². The predicted octanol–water partition coefficient (Wildman–Crippen LogP) is 1.67. The lowest BCUT2D eigenvalue weighted by Gasteiger charge is -2.27. The zero-order valence-electron chi connectivity index (χ0n) is 14.7. The molecule has 0 radical (unpaired) electrons. The normalized spacial score (nSPS) is 18.5. The van der Waals surface area contributed by atoms with E-state index in [1.807, 2.05) is 0 Å². The second-order valence-electron chi connectivity index (χ2n) is 6.08. The van der Waals surface area contributed by atoms with Crippen LogP contribution >= 0.6 is 24.8 Å². The lowest BCUT2D eigenvalue weighted by Crippen LogP contribution is -2.43. The first kappa shape index (κ1) is 24.8. The zero-order valence-corrected chi connectivity index (χ0v) is 16.4. The van der Waals surface area contributed by atoms with Crippen LogP contribution in [0.5, 0.6) is 0 Å². The molecule has 0 bridgehead atoms. The summed E-state index contributed by atoms with van der Waals surface area (Å²) in [6.07, 6.45) is 5.77. The molecular weight excluding hydrogens is 338 g/mol. The highest BCUT2D eigenvalue weighted by molar-refractivity contribution is 6.05. The summed E-state index contributed by atoms with van der Waals surface area (Å²) >= 11 is 0. The van der Waals surface area contributed by atoms with Gasteiger partial charge in [0.2, 0.25) is 5.91 Å². The number of rotatable bonds is 8. The number of hydrogen-bond acceptors (Lipinski definition) is 4. The number of likely N-dealkylation sites (N-methyl/N-ethyl adjacent to an activating group) is 1. The van der Waals surface area contributed by atoms with Crippen LogP contribution in [0.2, 0.25) is 0 Å². The van der Waals surface area contributed by atoms with Crippen LogP contribution in [0.15, 0.2) is 0 Å². The Kier molecular flexibility index (Phi) is 13.9. The molecule has 0 aromatic rings. The molecule has 1 amide bonds. The largest absolute Gasteiger partial charge is 0.543 e. The van der Waals surface area contributed by atoms with Crippen LogP contribution in [0.1, 0.15) is 45.4 Å². The van der Waals surface area contributed by atoms with Gasteiger partial charge in [0.25, 0.3) is 5.97 Å². The molecule has 0 N–H and O–H groups in total. The molecule has 1 fully saturated rings. The van der Waals surface area contributed by atoms with E-state index in [-0.39, 0.29) is 48.7 Å². The van der Waals surface area contributed by atoms with Crippen LogP contribution in [-0.2, 0) is 14.2 Å². The van der Waals surface area contributed by atoms with Gasteiger partial charge in [-0.15, -0.1) is 24.8 Å². The Morgan fingerprint density at radius 3 is 2.48 bits per heavy atom. The molecule has 1 aliphatic heterocycles. The molecule has 0 aliphatic carbocycles. The first-order valence-electron chi connectivity index (χ1n) is 8.04. The van der Waals surface area contributed by atoms with E-state index < -0.39 is 0 Å². The van der Waals surface area contributed by atoms with E-state index in [4.69, 9.17) is 4.65 Å². The Morgan fingerprint density at radius 2 is 1.96 bits per heavy atom. The number of carbonyl (C=O) groups is 2. The van der Waals surface area contributed by atoms with Gasteiger partial charge in [-0.1, -0.05) is 19.8 Å². The van der Waals surface area contributed by atoms with Gasteiger partial charge in [0.1, 0.15) is 0 Å². The van der Waals surface area contributed by atoms with Crippen LogP contribution in [0.4, 0.5) is 0 Å². The lowest BCUT2D eigenvalue weighted by atomic mass is 9.98. The maximum absolute atomic E-state index is 12.2. The smallest absolute Gasteiger partial charge is 0.325 e.